The van der Waals surface area contributed by atoms with Crippen LogP contribution in [0.15, 0.2) is 36.4 Å². The van der Waals surface area contributed by atoms with E-state index in [1.165, 1.54) is 0 Å². The number of amides is 1. The molecule has 1 rings (SSSR count). The Morgan fingerprint density at radius 3 is 2.82 bits per heavy atom. The minimum absolute atomic E-state index is 0.319. The number of hydrogen-bond acceptors (Lipinski definition) is 3. The predicted octanol–water partition coefficient (Wildman–Crippen LogP) is 0.952. The summed E-state index contributed by atoms with van der Waals surface area (Å²) in [6.07, 6.45) is 1.77. The van der Waals surface area contributed by atoms with Crippen LogP contribution in [-0.2, 0) is 16.1 Å². The van der Waals surface area contributed by atoms with Crippen molar-refractivity contribution in [2.24, 2.45) is 0 Å². The van der Waals surface area contributed by atoms with Crippen LogP contribution < -0.4 is 10.1 Å². The molecule has 5 nitrogen and oxygen atoms in total. The maximum Gasteiger partial charge on any atom is 0.328 e. The van der Waals surface area contributed by atoms with Gasteiger partial charge in [-0.15, -0.1) is 0 Å². The van der Waals surface area contributed by atoms with E-state index in [-0.39, 0.29) is 0 Å². The molecular weight excluding hydrogens is 222 g/mol. The Morgan fingerprint density at radius 2 is 2.18 bits per heavy atom. The van der Waals surface area contributed by atoms with Crippen LogP contribution in [0.5, 0.6) is 5.75 Å². The Morgan fingerprint density at radius 1 is 1.41 bits per heavy atom. The molecular formula is C12H13NO4. The van der Waals surface area contributed by atoms with Gasteiger partial charge in [0.15, 0.2) is 0 Å². The van der Waals surface area contributed by atoms with Crippen molar-refractivity contribution in [3.05, 3.63) is 42.0 Å². The molecule has 0 radical (unpaired) electrons. The third-order valence-corrected chi connectivity index (χ3v) is 1.98. The van der Waals surface area contributed by atoms with Crippen LogP contribution in [0, 0.1) is 0 Å². The Labute approximate surface area is 98.7 Å². The molecule has 0 saturated heterocycles. The predicted molar refractivity (Wildman–Crippen MR) is 61.6 cm³/mol. The highest BCUT2D eigenvalue weighted by molar-refractivity contribution is 5.93. The molecule has 2 N–H and O–H groups in total. The Kier molecular flexibility index (Phi) is 4.75. The van der Waals surface area contributed by atoms with Crippen LogP contribution in [0.25, 0.3) is 0 Å². The number of ether oxygens (including phenoxy) is 1. The van der Waals surface area contributed by atoms with Crippen molar-refractivity contribution in [1.82, 2.24) is 5.32 Å². The van der Waals surface area contributed by atoms with Crippen molar-refractivity contribution in [1.29, 1.82) is 0 Å². The van der Waals surface area contributed by atoms with Crippen LogP contribution in [-0.4, -0.2) is 24.1 Å². The second kappa shape index (κ2) is 6.32. The Bertz CT molecular complexity index is 440. The average Bonchev–Trinajstić information content (AvgIpc) is 2.34. The van der Waals surface area contributed by atoms with Gasteiger partial charge < -0.3 is 15.2 Å². The summed E-state index contributed by atoms with van der Waals surface area (Å²) < 4.78 is 5.04. The fourth-order valence-electron chi connectivity index (χ4n) is 1.18. The topological polar surface area (TPSA) is 75.6 Å². The van der Waals surface area contributed by atoms with Gasteiger partial charge in [0.2, 0.25) is 5.91 Å². The van der Waals surface area contributed by atoms with Crippen LogP contribution >= 0.6 is 0 Å². The summed E-state index contributed by atoms with van der Waals surface area (Å²) in [6.45, 7) is 0.319. The molecule has 0 saturated carbocycles. The molecule has 0 aromatic heterocycles. The number of rotatable bonds is 5. The minimum Gasteiger partial charge on any atom is -0.497 e. The molecule has 0 aliphatic rings. The second-order valence-electron chi connectivity index (χ2n) is 3.24. The fraction of sp³-hybridized carbons (Fsp3) is 0.167. The van der Waals surface area contributed by atoms with E-state index in [1.54, 1.807) is 19.2 Å². The van der Waals surface area contributed by atoms with E-state index >= 15 is 0 Å². The molecule has 0 aliphatic heterocycles. The number of hydrogen-bond donors (Lipinski definition) is 2. The van der Waals surface area contributed by atoms with E-state index in [4.69, 9.17) is 9.84 Å². The summed E-state index contributed by atoms with van der Waals surface area (Å²) >= 11 is 0. The van der Waals surface area contributed by atoms with Crippen LogP contribution in [0.1, 0.15) is 5.56 Å². The van der Waals surface area contributed by atoms with Crippen LogP contribution in [0.2, 0.25) is 0 Å². The first kappa shape index (κ1) is 12.8. The molecule has 5 heteroatoms. The lowest BCUT2D eigenvalue weighted by Crippen LogP contribution is -2.20. The van der Waals surface area contributed by atoms with Gasteiger partial charge in [0.05, 0.1) is 7.11 Å². The number of methoxy groups -OCH3 is 1. The van der Waals surface area contributed by atoms with Crippen molar-refractivity contribution in [3.63, 3.8) is 0 Å². The highest BCUT2D eigenvalue weighted by atomic mass is 16.5. The first-order valence-electron chi connectivity index (χ1n) is 4.93. The van der Waals surface area contributed by atoms with E-state index in [0.29, 0.717) is 12.3 Å². The van der Waals surface area contributed by atoms with E-state index < -0.39 is 11.9 Å². The van der Waals surface area contributed by atoms with Crippen molar-refractivity contribution < 1.29 is 19.4 Å². The molecule has 0 fully saturated rings. The van der Waals surface area contributed by atoms with Crippen molar-refractivity contribution in [2.75, 3.05) is 7.11 Å². The fourth-order valence-corrected chi connectivity index (χ4v) is 1.18. The van der Waals surface area contributed by atoms with Gasteiger partial charge in [0.25, 0.3) is 0 Å². The zero-order valence-electron chi connectivity index (χ0n) is 9.34. The summed E-state index contributed by atoms with van der Waals surface area (Å²) in [4.78, 5) is 21.4. The summed E-state index contributed by atoms with van der Waals surface area (Å²) in [5, 5.41) is 10.9. The van der Waals surface area contributed by atoms with Gasteiger partial charge in [0, 0.05) is 18.7 Å². The van der Waals surface area contributed by atoms with Gasteiger partial charge >= 0.3 is 5.97 Å². The standard InChI is InChI=1S/C12H13NO4/c1-17-10-4-2-3-9(7-10)8-13-11(14)5-6-12(15)16/h2-7H,8H2,1H3,(H,13,14)(H,15,16)/b6-5+. The molecule has 0 unspecified atom stereocenters. The summed E-state index contributed by atoms with van der Waals surface area (Å²) in [5.41, 5.74) is 0.876. The molecule has 0 aliphatic carbocycles. The Hall–Kier alpha value is -2.30. The van der Waals surface area contributed by atoms with Gasteiger partial charge in [-0.1, -0.05) is 12.1 Å². The van der Waals surface area contributed by atoms with E-state index in [9.17, 15) is 9.59 Å². The van der Waals surface area contributed by atoms with Gasteiger partial charge in [-0.25, -0.2) is 4.79 Å². The largest absolute Gasteiger partial charge is 0.497 e. The molecule has 0 bridgehead atoms. The van der Waals surface area contributed by atoms with Crippen molar-refractivity contribution >= 4 is 11.9 Å². The van der Waals surface area contributed by atoms with Gasteiger partial charge in [-0.05, 0) is 17.7 Å². The average molecular weight is 235 g/mol. The molecule has 90 valence electrons. The molecule has 0 heterocycles. The number of nitrogens with one attached hydrogen (secondary N) is 1. The van der Waals surface area contributed by atoms with E-state index in [0.717, 1.165) is 17.7 Å². The molecule has 0 spiro atoms. The van der Waals surface area contributed by atoms with Crippen molar-refractivity contribution in [2.45, 2.75) is 6.54 Å². The van der Waals surface area contributed by atoms with Crippen molar-refractivity contribution in [3.8, 4) is 5.75 Å². The third kappa shape index (κ3) is 4.83. The summed E-state index contributed by atoms with van der Waals surface area (Å²) in [5.74, 6) is -0.894. The zero-order valence-corrected chi connectivity index (χ0v) is 9.34. The second-order valence-corrected chi connectivity index (χ2v) is 3.24. The third-order valence-electron chi connectivity index (χ3n) is 1.98. The number of aliphatic carboxylic acids is 1. The quantitative estimate of drug-likeness (QED) is 0.745. The normalized spacial score (nSPS) is 10.2. The number of carboxylic acid groups (broad SMARTS) is 1. The SMILES string of the molecule is COc1cccc(CNC(=O)/C=C/C(=O)O)c1. The smallest absolute Gasteiger partial charge is 0.328 e. The highest BCUT2D eigenvalue weighted by Gasteiger charge is 1.99. The molecule has 1 aromatic rings. The van der Waals surface area contributed by atoms with Crippen LogP contribution in [0.4, 0.5) is 0 Å². The number of carbonyl (C=O) groups is 2. The molecule has 17 heavy (non-hydrogen) atoms. The van der Waals surface area contributed by atoms with E-state index in [1.807, 2.05) is 12.1 Å². The zero-order chi connectivity index (χ0) is 12.7. The summed E-state index contributed by atoms with van der Waals surface area (Å²) in [7, 11) is 1.56. The molecule has 1 aromatic carbocycles. The molecule has 0 atom stereocenters. The lowest BCUT2D eigenvalue weighted by Gasteiger charge is -2.04. The minimum atomic E-state index is -1.15. The highest BCUT2D eigenvalue weighted by Crippen LogP contribution is 2.11. The Balaban J connectivity index is 2.49. The monoisotopic (exact) mass is 235 g/mol. The van der Waals surface area contributed by atoms with Gasteiger partial charge in [0.1, 0.15) is 5.75 Å². The number of benzene rings is 1. The lowest BCUT2D eigenvalue weighted by atomic mass is 10.2. The van der Waals surface area contributed by atoms with Gasteiger partial charge in [-0.3, -0.25) is 4.79 Å². The number of carbonyl (C=O) groups excluding carboxylic acids is 1. The van der Waals surface area contributed by atoms with Crippen LogP contribution in [0.3, 0.4) is 0 Å². The number of carboxylic acids is 1. The summed E-state index contributed by atoms with van der Waals surface area (Å²) in [6, 6.07) is 7.24. The lowest BCUT2D eigenvalue weighted by molar-refractivity contribution is -0.131. The maximum absolute atomic E-state index is 11.2. The first-order valence-corrected chi connectivity index (χ1v) is 4.93. The van der Waals surface area contributed by atoms with Gasteiger partial charge in [-0.2, -0.15) is 0 Å². The maximum atomic E-state index is 11.2. The molecule has 1 amide bonds. The first-order chi connectivity index (χ1) is 8.11. The van der Waals surface area contributed by atoms with E-state index in [2.05, 4.69) is 5.32 Å².